The fourth-order valence-electron chi connectivity index (χ4n) is 1.25. The summed E-state index contributed by atoms with van der Waals surface area (Å²) in [4.78, 5) is 0. The summed E-state index contributed by atoms with van der Waals surface area (Å²) in [5, 5.41) is 0. The maximum Gasteiger partial charge on any atom is 0.416 e. The molecule has 0 aliphatic heterocycles. The van der Waals surface area contributed by atoms with Crippen LogP contribution in [-0.2, 0) is 12.6 Å². The van der Waals surface area contributed by atoms with Crippen molar-refractivity contribution in [3.8, 4) is 0 Å². The molecule has 14 heavy (non-hydrogen) atoms. The molecule has 0 bridgehead atoms. The van der Waals surface area contributed by atoms with Crippen molar-refractivity contribution in [2.75, 3.05) is 0 Å². The maximum absolute atomic E-state index is 12.4. The third kappa shape index (κ3) is 3.01. The predicted molar refractivity (Wildman–Crippen MR) is 53.1 cm³/mol. The van der Waals surface area contributed by atoms with Gasteiger partial charge in [0.15, 0.2) is 0 Å². The highest BCUT2D eigenvalue weighted by Gasteiger charge is 2.30. The zero-order valence-corrected chi connectivity index (χ0v) is 9.24. The van der Waals surface area contributed by atoms with E-state index in [-0.39, 0.29) is 0 Å². The molecule has 0 atom stereocenters. The van der Waals surface area contributed by atoms with Crippen molar-refractivity contribution in [1.82, 2.24) is 0 Å². The van der Waals surface area contributed by atoms with E-state index in [9.17, 15) is 13.2 Å². The Balaban J connectivity index is 3.07. The molecular formula is C10H10BrF3. The summed E-state index contributed by atoms with van der Waals surface area (Å²) in [7, 11) is 0. The minimum absolute atomic E-state index is 0.482. The van der Waals surface area contributed by atoms with Crippen LogP contribution in [-0.4, -0.2) is 0 Å². The molecule has 0 radical (unpaired) electrons. The van der Waals surface area contributed by atoms with Gasteiger partial charge < -0.3 is 0 Å². The molecule has 1 aromatic carbocycles. The van der Waals surface area contributed by atoms with Crippen LogP contribution in [0.5, 0.6) is 0 Å². The summed E-state index contributed by atoms with van der Waals surface area (Å²) < 4.78 is 37.6. The molecule has 0 amide bonds. The van der Waals surface area contributed by atoms with Crippen LogP contribution in [0.2, 0.25) is 0 Å². The maximum atomic E-state index is 12.4. The van der Waals surface area contributed by atoms with Gasteiger partial charge in [0.2, 0.25) is 0 Å². The Bertz CT molecular complexity index is 318. The fraction of sp³-hybridized carbons (Fsp3) is 0.400. The highest BCUT2D eigenvalue weighted by Crippen LogP contribution is 2.32. The first-order valence-corrected chi connectivity index (χ1v) is 5.09. The van der Waals surface area contributed by atoms with Crippen molar-refractivity contribution in [3.05, 3.63) is 33.8 Å². The van der Waals surface area contributed by atoms with Gasteiger partial charge in [-0.25, -0.2) is 0 Å². The number of hydrogen-bond acceptors (Lipinski definition) is 0. The average Bonchev–Trinajstić information content (AvgIpc) is 2.02. The summed E-state index contributed by atoms with van der Waals surface area (Å²) in [6, 6.07) is 4.02. The van der Waals surface area contributed by atoms with Crippen LogP contribution in [0.4, 0.5) is 13.2 Å². The average molecular weight is 267 g/mol. The van der Waals surface area contributed by atoms with Gasteiger partial charge in [-0.2, -0.15) is 13.2 Å². The Hall–Kier alpha value is -0.510. The largest absolute Gasteiger partial charge is 0.416 e. The van der Waals surface area contributed by atoms with Gasteiger partial charge in [0, 0.05) is 4.47 Å². The van der Waals surface area contributed by atoms with Gasteiger partial charge in [0.1, 0.15) is 0 Å². The van der Waals surface area contributed by atoms with E-state index in [0.29, 0.717) is 16.5 Å². The SMILES string of the molecule is CCCc1cc(Br)cc(C(F)(F)F)c1. The molecule has 0 heterocycles. The fourth-order valence-corrected chi connectivity index (χ4v) is 1.79. The molecule has 1 aromatic rings. The van der Waals surface area contributed by atoms with Gasteiger partial charge in [-0.15, -0.1) is 0 Å². The summed E-state index contributed by atoms with van der Waals surface area (Å²) in [5.41, 5.74) is 0.129. The topological polar surface area (TPSA) is 0 Å². The molecular weight excluding hydrogens is 257 g/mol. The second-order valence-electron chi connectivity index (χ2n) is 3.10. The number of aryl methyl sites for hydroxylation is 1. The third-order valence-electron chi connectivity index (χ3n) is 1.82. The zero-order chi connectivity index (χ0) is 10.8. The molecule has 0 saturated heterocycles. The quantitative estimate of drug-likeness (QED) is 0.744. The summed E-state index contributed by atoms with van der Waals surface area (Å²) in [6.45, 7) is 1.94. The number of alkyl halides is 3. The van der Waals surface area contributed by atoms with Crippen molar-refractivity contribution in [2.24, 2.45) is 0 Å². The van der Waals surface area contributed by atoms with Gasteiger partial charge in [-0.1, -0.05) is 29.3 Å². The van der Waals surface area contributed by atoms with E-state index in [4.69, 9.17) is 0 Å². The first-order valence-electron chi connectivity index (χ1n) is 4.30. The molecule has 1 rings (SSSR count). The van der Waals surface area contributed by atoms with Gasteiger partial charge in [0.05, 0.1) is 5.56 Å². The minimum atomic E-state index is -4.26. The highest BCUT2D eigenvalue weighted by molar-refractivity contribution is 9.10. The van der Waals surface area contributed by atoms with Crippen molar-refractivity contribution in [3.63, 3.8) is 0 Å². The van der Waals surface area contributed by atoms with Crippen LogP contribution in [0.15, 0.2) is 22.7 Å². The lowest BCUT2D eigenvalue weighted by molar-refractivity contribution is -0.137. The highest BCUT2D eigenvalue weighted by atomic mass is 79.9. The van der Waals surface area contributed by atoms with Crippen LogP contribution >= 0.6 is 15.9 Å². The van der Waals surface area contributed by atoms with E-state index < -0.39 is 11.7 Å². The third-order valence-corrected chi connectivity index (χ3v) is 2.28. The lowest BCUT2D eigenvalue weighted by atomic mass is 10.1. The number of rotatable bonds is 2. The summed E-state index contributed by atoms with van der Waals surface area (Å²) in [5.74, 6) is 0. The van der Waals surface area contributed by atoms with E-state index >= 15 is 0 Å². The van der Waals surface area contributed by atoms with E-state index in [0.717, 1.165) is 12.5 Å². The number of hydrogen-bond donors (Lipinski definition) is 0. The first kappa shape index (κ1) is 11.6. The molecule has 0 spiro atoms. The van der Waals surface area contributed by atoms with Crippen molar-refractivity contribution in [1.29, 1.82) is 0 Å². The molecule has 0 N–H and O–H groups in total. The molecule has 0 unspecified atom stereocenters. The van der Waals surface area contributed by atoms with E-state index in [1.807, 2.05) is 6.92 Å². The smallest absolute Gasteiger partial charge is 0.166 e. The van der Waals surface area contributed by atoms with Crippen molar-refractivity contribution < 1.29 is 13.2 Å². The Morgan fingerprint density at radius 3 is 2.36 bits per heavy atom. The van der Waals surface area contributed by atoms with Gasteiger partial charge in [-0.05, 0) is 30.2 Å². The van der Waals surface area contributed by atoms with Crippen LogP contribution in [0.1, 0.15) is 24.5 Å². The van der Waals surface area contributed by atoms with Gasteiger partial charge >= 0.3 is 6.18 Å². The van der Waals surface area contributed by atoms with E-state index in [2.05, 4.69) is 15.9 Å². The number of halogens is 4. The molecule has 4 heteroatoms. The van der Waals surface area contributed by atoms with E-state index in [1.54, 1.807) is 6.07 Å². The van der Waals surface area contributed by atoms with Crippen LogP contribution < -0.4 is 0 Å². The van der Waals surface area contributed by atoms with Crippen molar-refractivity contribution >= 4 is 15.9 Å². The Morgan fingerprint density at radius 1 is 1.21 bits per heavy atom. The van der Waals surface area contributed by atoms with Gasteiger partial charge in [-0.3, -0.25) is 0 Å². The molecule has 0 aliphatic carbocycles. The lowest BCUT2D eigenvalue weighted by Gasteiger charge is -2.09. The Labute approximate surface area is 89.3 Å². The molecule has 0 fully saturated rings. The molecule has 0 nitrogen and oxygen atoms in total. The summed E-state index contributed by atoms with van der Waals surface area (Å²) >= 11 is 3.08. The normalized spacial score (nSPS) is 11.8. The monoisotopic (exact) mass is 266 g/mol. The zero-order valence-electron chi connectivity index (χ0n) is 7.66. The van der Waals surface area contributed by atoms with Crippen LogP contribution in [0, 0.1) is 0 Å². The summed E-state index contributed by atoms with van der Waals surface area (Å²) in [6.07, 6.45) is -2.75. The molecule has 0 saturated carbocycles. The van der Waals surface area contributed by atoms with Crippen molar-refractivity contribution in [2.45, 2.75) is 25.9 Å². The lowest BCUT2D eigenvalue weighted by Crippen LogP contribution is -2.05. The predicted octanol–water partition coefficient (Wildman–Crippen LogP) is 4.42. The Kier molecular flexibility index (Phi) is 3.59. The first-order chi connectivity index (χ1) is 6.43. The standard InChI is InChI=1S/C10H10BrF3/c1-2-3-7-4-8(10(12,13)14)6-9(11)5-7/h4-6H,2-3H2,1H3. The minimum Gasteiger partial charge on any atom is -0.166 e. The molecule has 0 aromatic heterocycles. The van der Waals surface area contributed by atoms with E-state index in [1.165, 1.54) is 6.07 Å². The second kappa shape index (κ2) is 4.34. The molecule has 78 valence electrons. The van der Waals surface area contributed by atoms with Gasteiger partial charge in [0.25, 0.3) is 0 Å². The van der Waals surface area contributed by atoms with Crippen LogP contribution in [0.3, 0.4) is 0 Å². The van der Waals surface area contributed by atoms with Crippen LogP contribution in [0.25, 0.3) is 0 Å². The Morgan fingerprint density at radius 2 is 1.86 bits per heavy atom. The second-order valence-corrected chi connectivity index (χ2v) is 4.01. The molecule has 0 aliphatic rings. The number of benzene rings is 1.